The van der Waals surface area contributed by atoms with E-state index in [9.17, 15) is 4.79 Å². The highest BCUT2D eigenvalue weighted by Crippen LogP contribution is 2.46. The lowest BCUT2D eigenvalue weighted by molar-refractivity contribution is -0.119. The summed E-state index contributed by atoms with van der Waals surface area (Å²) >= 11 is 0. The standard InChI is InChI=1S/C26H35N3O/c27-24(28)26(19-20-26)25(30)29-23-17-15-22(16-18-23)14-8-5-3-1-2-4-7-11-21-12-9-6-10-13-21/h6,9-10,12-13,15-18H,1-5,7-8,11,14,19-20H2,(H3,27,28)(H,29,30). The number of unbranched alkanes of at least 4 members (excludes halogenated alkanes) is 6. The van der Waals surface area contributed by atoms with Crippen molar-refractivity contribution in [3.63, 3.8) is 0 Å². The number of carbonyl (C=O) groups excluding carboxylic acids is 1. The first-order valence-corrected chi connectivity index (χ1v) is 11.4. The molecule has 0 aliphatic heterocycles. The fraction of sp³-hybridized carbons (Fsp3) is 0.462. The Labute approximate surface area is 180 Å². The van der Waals surface area contributed by atoms with Gasteiger partial charge in [0.1, 0.15) is 11.3 Å². The maximum absolute atomic E-state index is 12.3. The molecule has 1 amide bonds. The van der Waals surface area contributed by atoms with Gasteiger partial charge in [0.05, 0.1) is 0 Å². The minimum Gasteiger partial charge on any atom is -0.387 e. The summed E-state index contributed by atoms with van der Waals surface area (Å²) in [5.74, 6) is -0.167. The summed E-state index contributed by atoms with van der Waals surface area (Å²) in [6, 6.07) is 18.8. The predicted molar refractivity (Wildman–Crippen MR) is 125 cm³/mol. The van der Waals surface area contributed by atoms with Crippen LogP contribution in [0.3, 0.4) is 0 Å². The number of hydrogen-bond donors (Lipinski definition) is 3. The number of nitrogens with one attached hydrogen (secondary N) is 2. The van der Waals surface area contributed by atoms with E-state index in [4.69, 9.17) is 11.1 Å². The van der Waals surface area contributed by atoms with E-state index in [1.165, 1.54) is 62.5 Å². The smallest absolute Gasteiger partial charge is 0.238 e. The van der Waals surface area contributed by atoms with Crippen LogP contribution in [0.4, 0.5) is 5.69 Å². The van der Waals surface area contributed by atoms with Crippen LogP contribution in [0.25, 0.3) is 0 Å². The van der Waals surface area contributed by atoms with Crippen molar-refractivity contribution in [1.82, 2.24) is 0 Å². The van der Waals surface area contributed by atoms with Gasteiger partial charge in [-0.3, -0.25) is 10.2 Å². The lowest BCUT2D eigenvalue weighted by Gasteiger charge is -2.13. The van der Waals surface area contributed by atoms with Crippen LogP contribution in [0.5, 0.6) is 0 Å². The molecule has 3 rings (SSSR count). The van der Waals surface area contributed by atoms with Crippen molar-refractivity contribution in [3.8, 4) is 0 Å². The molecule has 1 aliphatic carbocycles. The number of amidine groups is 1. The Bertz CT molecular complexity index is 810. The average Bonchev–Trinajstić information content (AvgIpc) is 3.57. The molecule has 0 aromatic heterocycles. The van der Waals surface area contributed by atoms with E-state index in [0.29, 0.717) is 12.8 Å². The number of anilines is 1. The molecule has 4 heteroatoms. The molecule has 2 aromatic rings. The second-order valence-electron chi connectivity index (χ2n) is 8.61. The van der Waals surface area contributed by atoms with Crippen molar-refractivity contribution in [2.45, 2.75) is 70.6 Å². The van der Waals surface area contributed by atoms with Gasteiger partial charge in [-0.2, -0.15) is 0 Å². The lowest BCUT2D eigenvalue weighted by Crippen LogP contribution is -2.35. The Morgan fingerprint density at radius 1 is 0.800 bits per heavy atom. The summed E-state index contributed by atoms with van der Waals surface area (Å²) in [4.78, 5) is 12.3. The summed E-state index contributed by atoms with van der Waals surface area (Å²) in [5.41, 5.74) is 8.37. The van der Waals surface area contributed by atoms with Crippen LogP contribution in [0.15, 0.2) is 54.6 Å². The van der Waals surface area contributed by atoms with Gasteiger partial charge in [-0.05, 0) is 61.8 Å². The molecule has 0 saturated heterocycles. The first-order valence-electron chi connectivity index (χ1n) is 11.4. The van der Waals surface area contributed by atoms with Crippen molar-refractivity contribution in [2.24, 2.45) is 11.1 Å². The summed E-state index contributed by atoms with van der Waals surface area (Å²) in [6.07, 6.45) is 12.7. The molecule has 4 N–H and O–H groups in total. The molecule has 0 heterocycles. The van der Waals surface area contributed by atoms with E-state index in [0.717, 1.165) is 12.1 Å². The van der Waals surface area contributed by atoms with Crippen molar-refractivity contribution in [2.75, 3.05) is 5.32 Å². The Balaban J connectivity index is 1.23. The van der Waals surface area contributed by atoms with Gasteiger partial charge in [0.15, 0.2) is 0 Å². The molecule has 30 heavy (non-hydrogen) atoms. The van der Waals surface area contributed by atoms with Crippen LogP contribution in [-0.2, 0) is 17.6 Å². The van der Waals surface area contributed by atoms with Crippen LogP contribution < -0.4 is 11.1 Å². The first-order chi connectivity index (χ1) is 14.6. The molecule has 1 fully saturated rings. The summed E-state index contributed by atoms with van der Waals surface area (Å²) < 4.78 is 0. The van der Waals surface area contributed by atoms with Crippen molar-refractivity contribution < 1.29 is 4.79 Å². The topological polar surface area (TPSA) is 79.0 Å². The monoisotopic (exact) mass is 405 g/mol. The van der Waals surface area contributed by atoms with Gasteiger partial charge in [-0.25, -0.2) is 0 Å². The molecule has 4 nitrogen and oxygen atoms in total. The van der Waals surface area contributed by atoms with Gasteiger partial charge >= 0.3 is 0 Å². The molecule has 0 atom stereocenters. The van der Waals surface area contributed by atoms with E-state index in [-0.39, 0.29) is 11.7 Å². The minimum atomic E-state index is -0.750. The van der Waals surface area contributed by atoms with Gasteiger partial charge < -0.3 is 11.1 Å². The molecule has 2 aromatic carbocycles. The molecular weight excluding hydrogens is 370 g/mol. The zero-order valence-electron chi connectivity index (χ0n) is 18.0. The third kappa shape index (κ3) is 6.45. The minimum absolute atomic E-state index is 0.0205. The van der Waals surface area contributed by atoms with Crippen LogP contribution in [0, 0.1) is 10.8 Å². The quantitative estimate of drug-likeness (QED) is 0.222. The van der Waals surface area contributed by atoms with E-state index in [1.54, 1.807) is 0 Å². The van der Waals surface area contributed by atoms with Gasteiger partial charge in [0.25, 0.3) is 0 Å². The second kappa shape index (κ2) is 11.0. The van der Waals surface area contributed by atoms with Crippen LogP contribution in [-0.4, -0.2) is 11.7 Å². The van der Waals surface area contributed by atoms with Gasteiger partial charge in [0.2, 0.25) is 5.91 Å². The molecular formula is C26H35N3O. The SMILES string of the molecule is N=C(N)C1(C(=O)Nc2ccc(CCCCCCCCCc3ccccc3)cc2)CC1. The maximum Gasteiger partial charge on any atom is 0.238 e. The first kappa shape index (κ1) is 22.1. The number of carbonyl (C=O) groups is 1. The Kier molecular flexibility index (Phi) is 8.06. The second-order valence-corrected chi connectivity index (χ2v) is 8.61. The fourth-order valence-electron chi connectivity index (χ4n) is 3.94. The number of hydrogen-bond acceptors (Lipinski definition) is 2. The van der Waals surface area contributed by atoms with Crippen LogP contribution in [0.1, 0.15) is 68.9 Å². The lowest BCUT2D eigenvalue weighted by atomic mass is 10.0. The van der Waals surface area contributed by atoms with E-state index in [1.807, 2.05) is 12.1 Å². The summed E-state index contributed by atoms with van der Waals surface area (Å²) in [7, 11) is 0. The van der Waals surface area contributed by atoms with Crippen molar-refractivity contribution in [3.05, 3.63) is 65.7 Å². The third-order valence-electron chi connectivity index (χ3n) is 6.19. The van der Waals surface area contributed by atoms with Crippen molar-refractivity contribution in [1.29, 1.82) is 5.41 Å². The Morgan fingerprint density at radius 2 is 1.30 bits per heavy atom. The van der Waals surface area contributed by atoms with Gasteiger partial charge in [-0.15, -0.1) is 0 Å². The maximum atomic E-state index is 12.3. The molecule has 0 unspecified atom stereocenters. The molecule has 160 valence electrons. The summed E-state index contributed by atoms with van der Waals surface area (Å²) in [5, 5.41) is 10.5. The largest absolute Gasteiger partial charge is 0.387 e. The highest BCUT2D eigenvalue weighted by Gasteiger charge is 2.53. The van der Waals surface area contributed by atoms with Gasteiger partial charge in [-0.1, -0.05) is 74.6 Å². The average molecular weight is 406 g/mol. The number of benzene rings is 2. The molecule has 0 spiro atoms. The fourth-order valence-corrected chi connectivity index (χ4v) is 3.94. The normalized spacial score (nSPS) is 14.3. The van der Waals surface area contributed by atoms with Crippen LogP contribution in [0.2, 0.25) is 0 Å². The predicted octanol–water partition coefficient (Wildman–Crippen LogP) is 5.86. The Morgan fingerprint density at radius 3 is 1.80 bits per heavy atom. The number of aryl methyl sites for hydroxylation is 2. The van der Waals surface area contributed by atoms with E-state index in [2.05, 4.69) is 47.8 Å². The zero-order valence-corrected chi connectivity index (χ0v) is 18.0. The highest BCUT2D eigenvalue weighted by molar-refractivity contribution is 6.13. The molecule has 1 saturated carbocycles. The van der Waals surface area contributed by atoms with Crippen LogP contribution >= 0.6 is 0 Å². The third-order valence-corrected chi connectivity index (χ3v) is 6.19. The van der Waals surface area contributed by atoms with Gasteiger partial charge in [0, 0.05) is 5.69 Å². The molecule has 0 radical (unpaired) electrons. The van der Waals surface area contributed by atoms with E-state index < -0.39 is 5.41 Å². The highest BCUT2D eigenvalue weighted by atomic mass is 16.2. The number of rotatable bonds is 13. The number of nitrogens with two attached hydrogens (primary N) is 1. The Hall–Kier alpha value is -2.62. The van der Waals surface area contributed by atoms with E-state index >= 15 is 0 Å². The van der Waals surface area contributed by atoms with Crippen molar-refractivity contribution >= 4 is 17.4 Å². The summed E-state index contributed by atoms with van der Waals surface area (Å²) in [6.45, 7) is 0. The molecule has 1 aliphatic rings. The molecule has 0 bridgehead atoms. The zero-order chi connectivity index (χ0) is 21.2. The number of amides is 1.